The van der Waals surface area contributed by atoms with Gasteiger partial charge in [-0.15, -0.1) is 0 Å². The summed E-state index contributed by atoms with van der Waals surface area (Å²) < 4.78 is 0.748. The van der Waals surface area contributed by atoms with Crippen LogP contribution in [-0.4, -0.2) is 19.2 Å². The van der Waals surface area contributed by atoms with E-state index >= 15 is 0 Å². The van der Waals surface area contributed by atoms with E-state index in [4.69, 9.17) is 11.8 Å². The van der Waals surface area contributed by atoms with Gasteiger partial charge in [0.15, 0.2) is 0 Å². The Morgan fingerprint density at radius 2 is 2.56 bits per heavy atom. The van der Waals surface area contributed by atoms with Crippen molar-refractivity contribution in [3.8, 4) is 0 Å². The molecule has 0 atom stereocenters. The minimum Gasteiger partial charge on any atom is -0.390 e. The first kappa shape index (κ1) is 5.96. The second kappa shape index (κ2) is 1.98. The molecule has 0 N–H and O–H groups in total. The maximum Gasteiger partial charge on any atom is 0.492 e. The molecule has 7 heteroatoms. The lowest BCUT2D eigenvalue weighted by molar-refractivity contribution is -0.394. The quantitative estimate of drug-likeness (QED) is 0.421. The predicted molar refractivity (Wildman–Crippen MR) is 27.9 cm³/mol. The Morgan fingerprint density at radius 1 is 1.89 bits per heavy atom. The van der Waals surface area contributed by atoms with Crippen molar-refractivity contribution in [1.29, 1.82) is 0 Å². The van der Waals surface area contributed by atoms with Crippen LogP contribution in [-0.2, 0) is 0 Å². The van der Waals surface area contributed by atoms with Crippen molar-refractivity contribution in [1.82, 2.24) is 14.3 Å². The van der Waals surface area contributed by atoms with E-state index in [1.807, 2.05) is 0 Å². The molecule has 0 saturated heterocycles. The monoisotopic (exact) mass is 148 g/mol. The lowest BCUT2D eigenvalue weighted by Crippen LogP contribution is -1.90. The lowest BCUT2D eigenvalue weighted by atomic mass is 11.1. The molecule has 0 aliphatic carbocycles. The Balaban J connectivity index is 2.98. The molecule has 0 unspecified atom stereocenters. The fraction of sp³-hybridized carbons (Fsp3) is 0. The van der Waals surface area contributed by atoms with Crippen LogP contribution in [0, 0.1) is 10.1 Å². The van der Waals surface area contributed by atoms with E-state index in [0.717, 1.165) is 10.5 Å². The van der Waals surface area contributed by atoms with Crippen LogP contribution in [0.2, 0.25) is 0 Å². The molecule has 1 rings (SSSR count). The van der Waals surface area contributed by atoms with Crippen molar-refractivity contribution in [3.63, 3.8) is 0 Å². The number of nitro groups is 1. The second-order valence-electron chi connectivity index (χ2n) is 1.19. The Hall–Kier alpha value is -1.17. The molecule has 0 fully saturated rings. The van der Waals surface area contributed by atoms with Gasteiger partial charge in [0.2, 0.25) is 6.33 Å². The highest BCUT2D eigenvalue weighted by molar-refractivity contribution is 6.14. The van der Waals surface area contributed by atoms with Crippen LogP contribution in [0.1, 0.15) is 0 Å². The molecule has 48 valence electrons. The summed E-state index contributed by atoms with van der Waals surface area (Å²) in [5, 5.41) is 13.0. The largest absolute Gasteiger partial charge is 0.492 e. The van der Waals surface area contributed by atoms with Crippen LogP contribution < -0.4 is 0 Å². The summed E-state index contributed by atoms with van der Waals surface area (Å²) >= 11 is 5.14. The van der Waals surface area contributed by atoms with Crippen molar-refractivity contribution in [2.75, 3.05) is 0 Å². The van der Waals surface area contributed by atoms with Gasteiger partial charge in [-0.1, -0.05) is 4.20 Å². The summed E-state index contributed by atoms with van der Waals surface area (Å²) in [6.45, 7) is 0. The summed E-state index contributed by atoms with van der Waals surface area (Å²) in [5.41, 5.74) is 0. The highest BCUT2D eigenvalue weighted by Gasteiger charge is 2.10. The zero-order valence-electron chi connectivity index (χ0n) is 4.06. The van der Waals surface area contributed by atoms with Gasteiger partial charge >= 0.3 is 5.95 Å². The van der Waals surface area contributed by atoms with Crippen LogP contribution in [0.5, 0.6) is 0 Å². The van der Waals surface area contributed by atoms with E-state index in [9.17, 15) is 10.1 Å². The van der Waals surface area contributed by atoms with Gasteiger partial charge in [-0.25, -0.2) is 0 Å². The fourth-order valence-corrected chi connectivity index (χ4v) is 0.431. The van der Waals surface area contributed by atoms with Gasteiger partial charge in [-0.05, 0) is 9.91 Å². The topological polar surface area (TPSA) is 73.8 Å². The molecule has 1 aromatic rings. The average Bonchev–Trinajstić information content (AvgIpc) is 2.14. The number of nitrogens with zero attached hydrogens (tertiary/aromatic N) is 4. The molecule has 0 aromatic carbocycles. The third-order valence-corrected chi connectivity index (χ3v) is 0.780. The summed E-state index contributed by atoms with van der Waals surface area (Å²) in [4.78, 5) is 12.3. The van der Waals surface area contributed by atoms with E-state index in [2.05, 4.69) is 10.1 Å². The molecule has 9 heavy (non-hydrogen) atoms. The second-order valence-corrected chi connectivity index (χ2v) is 1.54. The van der Waals surface area contributed by atoms with Gasteiger partial charge in [0.25, 0.3) is 0 Å². The Morgan fingerprint density at radius 3 is 2.78 bits per heavy atom. The fourth-order valence-electron chi connectivity index (χ4n) is 0.320. The van der Waals surface area contributed by atoms with Crippen molar-refractivity contribution < 1.29 is 4.92 Å². The molecule has 1 aromatic heterocycles. The highest BCUT2D eigenvalue weighted by atomic mass is 35.5. The first-order valence-corrected chi connectivity index (χ1v) is 2.26. The van der Waals surface area contributed by atoms with Gasteiger partial charge in [-0.3, -0.25) is 0 Å². The third-order valence-electron chi connectivity index (χ3n) is 0.617. The molecule has 0 radical (unpaired) electrons. The Kier molecular flexibility index (Phi) is 1.31. The Bertz CT molecular complexity index is 232. The number of halogens is 1. The summed E-state index contributed by atoms with van der Waals surface area (Å²) in [5.74, 6) is -0.495. The summed E-state index contributed by atoms with van der Waals surface area (Å²) in [6.07, 6.45) is 1.04. The van der Waals surface area contributed by atoms with Crippen LogP contribution in [0.4, 0.5) is 5.95 Å². The van der Waals surface area contributed by atoms with E-state index in [0.29, 0.717) is 0 Å². The van der Waals surface area contributed by atoms with Gasteiger partial charge in [0, 0.05) is 5.10 Å². The first-order valence-electron chi connectivity index (χ1n) is 1.92. The van der Waals surface area contributed by atoms with Crippen molar-refractivity contribution in [3.05, 3.63) is 16.4 Å². The third kappa shape index (κ3) is 1.14. The van der Waals surface area contributed by atoms with E-state index in [1.54, 1.807) is 0 Å². The lowest BCUT2D eigenvalue weighted by Gasteiger charge is -1.81. The van der Waals surface area contributed by atoms with E-state index in [1.165, 1.54) is 0 Å². The van der Waals surface area contributed by atoms with Crippen molar-refractivity contribution in [2.45, 2.75) is 0 Å². The molecule has 6 nitrogen and oxygen atoms in total. The van der Waals surface area contributed by atoms with Crippen molar-refractivity contribution in [2.24, 2.45) is 0 Å². The molecular formula is C2HClN4O2. The predicted octanol–water partition coefficient (Wildman–Crippen LogP) is 0.188. The SMILES string of the molecule is O=[N+]([O-])c1ncn(Cl)n1. The van der Waals surface area contributed by atoms with Gasteiger partial charge in [-0.2, -0.15) is 0 Å². The van der Waals surface area contributed by atoms with Crippen LogP contribution in [0.25, 0.3) is 0 Å². The molecule has 0 aliphatic rings. The highest BCUT2D eigenvalue weighted by Crippen LogP contribution is 1.99. The van der Waals surface area contributed by atoms with E-state index in [-0.39, 0.29) is 0 Å². The number of hydrogen-bond acceptors (Lipinski definition) is 4. The van der Waals surface area contributed by atoms with Crippen LogP contribution in [0.3, 0.4) is 0 Å². The molecular weight excluding hydrogens is 148 g/mol. The molecule has 0 bridgehead atoms. The van der Waals surface area contributed by atoms with Crippen LogP contribution in [0.15, 0.2) is 6.33 Å². The normalized spacial score (nSPS) is 9.44. The molecule has 0 spiro atoms. The van der Waals surface area contributed by atoms with Gasteiger partial charge < -0.3 is 10.1 Å². The number of aromatic nitrogens is 3. The molecule has 0 saturated carbocycles. The maximum atomic E-state index is 9.82. The van der Waals surface area contributed by atoms with Crippen LogP contribution >= 0.6 is 11.8 Å². The standard InChI is InChI=1S/C2HClN4O2/c3-6-1-4-2(5-6)7(8)9/h1H. The molecule has 1 heterocycles. The number of rotatable bonds is 1. The summed E-state index contributed by atoms with van der Waals surface area (Å²) in [6, 6.07) is 0. The minimum absolute atomic E-state index is 0.495. The maximum absolute atomic E-state index is 9.82. The average molecular weight is 149 g/mol. The Labute approximate surface area is 54.3 Å². The first-order chi connectivity index (χ1) is 4.20. The molecule has 0 amide bonds. The van der Waals surface area contributed by atoms with E-state index < -0.39 is 10.9 Å². The van der Waals surface area contributed by atoms with Crippen molar-refractivity contribution >= 4 is 17.7 Å². The zero-order chi connectivity index (χ0) is 6.85. The zero-order valence-corrected chi connectivity index (χ0v) is 4.82. The smallest absolute Gasteiger partial charge is 0.390 e. The summed E-state index contributed by atoms with van der Waals surface area (Å²) in [7, 11) is 0. The minimum atomic E-state index is -0.723. The van der Waals surface area contributed by atoms with Gasteiger partial charge in [0.1, 0.15) is 0 Å². The van der Waals surface area contributed by atoms with Gasteiger partial charge in [0.05, 0.1) is 11.8 Å². The number of hydrogen-bond donors (Lipinski definition) is 0. The molecule has 0 aliphatic heterocycles.